The van der Waals surface area contributed by atoms with Gasteiger partial charge >= 0.3 is 5.97 Å². The lowest BCUT2D eigenvalue weighted by atomic mass is 9.84. The van der Waals surface area contributed by atoms with E-state index in [-0.39, 0.29) is 11.9 Å². The second-order valence-electron chi connectivity index (χ2n) is 6.34. The number of hydrogen-bond donors (Lipinski definition) is 2. The Balaban J connectivity index is 2.05. The third-order valence-corrected chi connectivity index (χ3v) is 4.70. The van der Waals surface area contributed by atoms with E-state index in [0.717, 1.165) is 35.3 Å². The normalized spacial score (nSPS) is 20.8. The van der Waals surface area contributed by atoms with Crippen molar-refractivity contribution in [2.24, 2.45) is 5.92 Å². The standard InChI is InChI=1S/C19H25NO4/c1-12-10-14(11-17(24-3)13(12)2)8-9-18(21)20-16-7-5-4-6-15(16)19(22)23/h8-11,15-16H,4-7H2,1-3H3,(H,20,21)(H,22,23)/b9-8+. The van der Waals surface area contributed by atoms with Crippen molar-refractivity contribution in [1.29, 1.82) is 0 Å². The number of amides is 1. The third-order valence-electron chi connectivity index (χ3n) is 4.70. The summed E-state index contributed by atoms with van der Waals surface area (Å²) in [6, 6.07) is 3.58. The van der Waals surface area contributed by atoms with Gasteiger partial charge in [0.2, 0.25) is 5.91 Å². The summed E-state index contributed by atoms with van der Waals surface area (Å²) in [5.41, 5.74) is 3.04. The molecule has 1 amide bonds. The lowest BCUT2D eigenvalue weighted by Gasteiger charge is -2.28. The molecule has 2 N–H and O–H groups in total. The van der Waals surface area contributed by atoms with Gasteiger partial charge in [0, 0.05) is 12.1 Å². The Morgan fingerprint density at radius 2 is 1.96 bits per heavy atom. The molecule has 0 radical (unpaired) electrons. The summed E-state index contributed by atoms with van der Waals surface area (Å²) in [6.45, 7) is 3.98. The maximum Gasteiger partial charge on any atom is 0.308 e. The Kier molecular flexibility index (Phi) is 6.01. The van der Waals surface area contributed by atoms with Crippen LogP contribution in [0.25, 0.3) is 6.08 Å². The molecule has 2 atom stereocenters. The van der Waals surface area contributed by atoms with E-state index >= 15 is 0 Å². The smallest absolute Gasteiger partial charge is 0.308 e. The van der Waals surface area contributed by atoms with Crippen molar-refractivity contribution in [1.82, 2.24) is 5.32 Å². The van der Waals surface area contributed by atoms with Crippen molar-refractivity contribution in [3.8, 4) is 5.75 Å². The van der Waals surface area contributed by atoms with Gasteiger partial charge in [0.1, 0.15) is 5.75 Å². The van der Waals surface area contributed by atoms with Crippen LogP contribution in [0.2, 0.25) is 0 Å². The molecule has 130 valence electrons. The largest absolute Gasteiger partial charge is 0.496 e. The number of rotatable bonds is 5. The van der Waals surface area contributed by atoms with Gasteiger partial charge in [0.15, 0.2) is 0 Å². The van der Waals surface area contributed by atoms with Crippen molar-refractivity contribution < 1.29 is 19.4 Å². The van der Waals surface area contributed by atoms with Crippen molar-refractivity contribution in [2.45, 2.75) is 45.6 Å². The highest BCUT2D eigenvalue weighted by Gasteiger charge is 2.31. The van der Waals surface area contributed by atoms with E-state index in [4.69, 9.17) is 4.74 Å². The summed E-state index contributed by atoms with van der Waals surface area (Å²) >= 11 is 0. The first-order valence-electron chi connectivity index (χ1n) is 8.29. The van der Waals surface area contributed by atoms with Gasteiger partial charge in [-0.05, 0) is 55.5 Å². The number of carbonyl (C=O) groups excluding carboxylic acids is 1. The lowest BCUT2D eigenvalue weighted by molar-refractivity contribution is -0.144. The molecule has 1 aliphatic carbocycles. The molecule has 0 spiro atoms. The molecular weight excluding hydrogens is 306 g/mol. The van der Waals surface area contributed by atoms with Gasteiger partial charge in [-0.25, -0.2) is 0 Å². The molecule has 1 saturated carbocycles. The van der Waals surface area contributed by atoms with Crippen LogP contribution in [0.4, 0.5) is 0 Å². The molecule has 5 heteroatoms. The average Bonchev–Trinajstić information content (AvgIpc) is 2.56. The first-order chi connectivity index (χ1) is 11.4. The predicted octanol–water partition coefficient (Wildman–Crippen LogP) is 3.08. The Hall–Kier alpha value is -2.30. The van der Waals surface area contributed by atoms with Gasteiger partial charge in [-0.1, -0.05) is 18.9 Å². The van der Waals surface area contributed by atoms with E-state index in [1.807, 2.05) is 26.0 Å². The van der Waals surface area contributed by atoms with Crippen LogP contribution < -0.4 is 10.1 Å². The molecular formula is C19H25NO4. The van der Waals surface area contributed by atoms with Gasteiger partial charge in [0.05, 0.1) is 13.0 Å². The summed E-state index contributed by atoms with van der Waals surface area (Å²) in [7, 11) is 1.62. The van der Waals surface area contributed by atoms with E-state index < -0.39 is 11.9 Å². The van der Waals surface area contributed by atoms with Gasteiger partial charge in [-0.15, -0.1) is 0 Å². The molecule has 0 saturated heterocycles. The Morgan fingerprint density at radius 3 is 2.62 bits per heavy atom. The highest BCUT2D eigenvalue weighted by atomic mass is 16.5. The van der Waals surface area contributed by atoms with Crippen molar-refractivity contribution in [3.05, 3.63) is 34.9 Å². The fourth-order valence-corrected chi connectivity index (χ4v) is 3.16. The average molecular weight is 331 g/mol. The maximum atomic E-state index is 12.1. The van der Waals surface area contributed by atoms with Crippen molar-refractivity contribution in [2.75, 3.05) is 7.11 Å². The minimum atomic E-state index is -0.831. The molecule has 1 aliphatic rings. The van der Waals surface area contributed by atoms with Gasteiger partial charge in [0.25, 0.3) is 0 Å². The molecule has 2 unspecified atom stereocenters. The third kappa shape index (κ3) is 4.37. The summed E-state index contributed by atoms with van der Waals surface area (Å²) in [6.07, 6.45) is 6.38. The zero-order chi connectivity index (χ0) is 17.7. The van der Waals surface area contributed by atoms with Crippen LogP contribution in [0.15, 0.2) is 18.2 Å². The highest BCUT2D eigenvalue weighted by molar-refractivity contribution is 5.92. The second kappa shape index (κ2) is 7.99. The molecule has 0 bridgehead atoms. The molecule has 24 heavy (non-hydrogen) atoms. The molecule has 1 aromatic rings. The maximum absolute atomic E-state index is 12.1. The summed E-state index contributed by atoms with van der Waals surface area (Å²) in [5, 5.41) is 12.1. The number of benzene rings is 1. The predicted molar refractivity (Wildman–Crippen MR) is 93.0 cm³/mol. The van der Waals surface area contributed by atoms with Crippen LogP contribution in [-0.4, -0.2) is 30.1 Å². The monoisotopic (exact) mass is 331 g/mol. The molecule has 1 fully saturated rings. The van der Waals surface area contributed by atoms with Crippen LogP contribution in [-0.2, 0) is 9.59 Å². The van der Waals surface area contributed by atoms with Crippen molar-refractivity contribution >= 4 is 18.0 Å². The first-order valence-corrected chi connectivity index (χ1v) is 8.29. The topological polar surface area (TPSA) is 75.6 Å². The summed E-state index contributed by atoms with van der Waals surface area (Å²) < 4.78 is 5.34. The minimum absolute atomic E-state index is 0.259. The number of aliphatic carboxylic acids is 1. The molecule has 0 heterocycles. The number of aryl methyl sites for hydroxylation is 1. The zero-order valence-electron chi connectivity index (χ0n) is 14.5. The van der Waals surface area contributed by atoms with E-state index in [9.17, 15) is 14.7 Å². The lowest BCUT2D eigenvalue weighted by Crippen LogP contribution is -2.44. The van der Waals surface area contributed by atoms with Crippen molar-refractivity contribution in [3.63, 3.8) is 0 Å². The van der Waals surface area contributed by atoms with Crippen LogP contribution in [0.1, 0.15) is 42.4 Å². The van der Waals surface area contributed by atoms with Gasteiger partial charge in [-0.3, -0.25) is 9.59 Å². The highest BCUT2D eigenvalue weighted by Crippen LogP contribution is 2.25. The fraction of sp³-hybridized carbons (Fsp3) is 0.474. The zero-order valence-corrected chi connectivity index (χ0v) is 14.5. The number of nitrogens with one attached hydrogen (secondary N) is 1. The number of carboxylic acids is 1. The number of ether oxygens (including phenoxy) is 1. The Labute approximate surface area is 142 Å². The molecule has 0 aromatic heterocycles. The Morgan fingerprint density at radius 1 is 1.25 bits per heavy atom. The van der Waals surface area contributed by atoms with E-state index in [2.05, 4.69) is 5.32 Å². The molecule has 0 aliphatic heterocycles. The van der Waals surface area contributed by atoms with Gasteiger partial charge < -0.3 is 15.2 Å². The number of carboxylic acid groups (broad SMARTS) is 1. The number of hydrogen-bond acceptors (Lipinski definition) is 3. The van der Waals surface area contributed by atoms with E-state index in [1.54, 1.807) is 13.2 Å². The van der Waals surface area contributed by atoms with Crippen LogP contribution in [0, 0.1) is 19.8 Å². The van der Waals surface area contributed by atoms with Crippen LogP contribution in [0.5, 0.6) is 5.75 Å². The van der Waals surface area contributed by atoms with Gasteiger partial charge in [-0.2, -0.15) is 0 Å². The van der Waals surface area contributed by atoms with E-state index in [0.29, 0.717) is 12.8 Å². The minimum Gasteiger partial charge on any atom is -0.496 e. The second-order valence-corrected chi connectivity index (χ2v) is 6.34. The SMILES string of the molecule is COc1cc(/C=C/C(=O)NC2CCCCC2C(=O)O)cc(C)c1C. The number of carbonyl (C=O) groups is 2. The quantitative estimate of drug-likeness (QED) is 0.813. The summed E-state index contributed by atoms with van der Waals surface area (Å²) in [5.74, 6) is -0.792. The Bertz CT molecular complexity index is 651. The molecule has 5 nitrogen and oxygen atoms in total. The molecule has 2 rings (SSSR count). The van der Waals surface area contributed by atoms with Crippen LogP contribution in [0.3, 0.4) is 0 Å². The van der Waals surface area contributed by atoms with Crippen LogP contribution >= 0.6 is 0 Å². The van der Waals surface area contributed by atoms with E-state index in [1.165, 1.54) is 6.08 Å². The first kappa shape index (κ1) is 18.0. The summed E-state index contributed by atoms with van der Waals surface area (Å²) in [4.78, 5) is 23.4. The molecule has 1 aromatic carbocycles. The number of methoxy groups -OCH3 is 1. The fourth-order valence-electron chi connectivity index (χ4n) is 3.16.